The zero-order valence-electron chi connectivity index (χ0n) is 4.59. The van der Waals surface area contributed by atoms with Gasteiger partial charge in [-0.15, -0.1) is 11.3 Å². The van der Waals surface area contributed by atoms with Gasteiger partial charge in [-0.05, 0) is 0 Å². The molecule has 1 aromatic heterocycles. The summed E-state index contributed by atoms with van der Waals surface area (Å²) in [6.45, 7) is 0. The van der Waals surface area contributed by atoms with Crippen LogP contribution in [0.15, 0.2) is 17.1 Å². The average Bonchev–Trinajstić information content (AvgIpc) is 1.76. The van der Waals surface area contributed by atoms with Gasteiger partial charge in [0.25, 0.3) is 0 Å². The minimum atomic E-state index is 0. The summed E-state index contributed by atoms with van der Waals surface area (Å²) in [7, 11) is 0. The van der Waals surface area contributed by atoms with Gasteiger partial charge in [0.05, 0.1) is 5.51 Å². The second kappa shape index (κ2) is 7.27. The normalized spacial score (nSPS) is 5.71. The average molecular weight is 139 g/mol. The summed E-state index contributed by atoms with van der Waals surface area (Å²) < 4.78 is 0. The second-order valence-electron chi connectivity index (χ2n) is 0.676. The predicted molar refractivity (Wildman–Crippen MR) is 28.5 cm³/mol. The first kappa shape index (κ1) is 11.1. The Morgan fingerprint density at radius 3 is 2.29 bits per heavy atom. The van der Waals surface area contributed by atoms with Gasteiger partial charge in [-0.1, -0.05) is 0 Å². The fraction of sp³-hybridized carbons (Fsp3) is 0. The smallest absolute Gasteiger partial charge is 0.358 e. The fourth-order valence-electron chi connectivity index (χ4n) is 0.176. The van der Waals surface area contributed by atoms with Crippen LogP contribution in [0.25, 0.3) is 0 Å². The van der Waals surface area contributed by atoms with Crippen LogP contribution in [0.2, 0.25) is 0 Å². The van der Waals surface area contributed by atoms with E-state index in [0.717, 1.165) is 0 Å². The topological polar surface area (TPSA) is 12.9 Å². The third-order valence-electron chi connectivity index (χ3n) is 0.347. The molecule has 0 atom stereocenters. The number of nitrogens with zero attached hydrogens (tertiary/aromatic N) is 1. The zero-order chi connectivity index (χ0) is 3.54. The van der Waals surface area contributed by atoms with E-state index in [4.69, 9.17) is 0 Å². The second-order valence-corrected chi connectivity index (χ2v) is 1.43. The largest absolute Gasteiger partial charge is 1.00 e. The minimum absolute atomic E-state index is 0. The third kappa shape index (κ3) is 5.13. The van der Waals surface area contributed by atoms with E-state index in [0.29, 0.717) is 0 Å². The van der Waals surface area contributed by atoms with Crippen molar-refractivity contribution in [3.8, 4) is 0 Å². The number of rotatable bonds is 0. The first-order chi connectivity index (χ1) is 2.50. The summed E-state index contributed by atoms with van der Waals surface area (Å²) in [6, 6.07) is 0. The monoisotopic (exact) mass is 139 g/mol. The quantitative estimate of drug-likeness (QED) is 0.318. The van der Waals surface area contributed by atoms with Crippen LogP contribution in [0.5, 0.6) is 0 Å². The van der Waals surface area contributed by atoms with E-state index in [-0.39, 0.29) is 58.8 Å². The van der Waals surface area contributed by atoms with Crippen LogP contribution in [0, 0.1) is 7.43 Å². The molecule has 0 aromatic carbocycles. The minimum Gasteiger partial charge on any atom is -0.358 e. The Morgan fingerprint density at radius 1 is 1.43 bits per heavy atom. The maximum Gasteiger partial charge on any atom is 1.00 e. The van der Waals surface area contributed by atoms with Crippen LogP contribution in [0.4, 0.5) is 0 Å². The van der Waals surface area contributed by atoms with Crippen molar-refractivity contribution < 1.29 is 51.4 Å². The van der Waals surface area contributed by atoms with Crippen molar-refractivity contribution in [1.82, 2.24) is 4.98 Å². The Morgan fingerprint density at radius 2 is 2.14 bits per heavy atom. The fourth-order valence-corrected chi connectivity index (χ4v) is 0.527. The molecule has 0 aliphatic rings. The molecule has 0 fully saturated rings. The summed E-state index contributed by atoms with van der Waals surface area (Å²) in [4.78, 5) is 3.74. The molecule has 34 valence electrons. The van der Waals surface area contributed by atoms with Crippen molar-refractivity contribution in [2.75, 3.05) is 0 Å². The molecule has 0 spiro atoms. The summed E-state index contributed by atoms with van der Waals surface area (Å²) in [6.07, 6.45) is 1.77. The first-order valence-electron chi connectivity index (χ1n) is 1.32. The molecule has 0 saturated carbocycles. The van der Waals surface area contributed by atoms with E-state index in [9.17, 15) is 0 Å². The van der Waals surface area contributed by atoms with Gasteiger partial charge in [0, 0.05) is 11.6 Å². The van der Waals surface area contributed by atoms with E-state index >= 15 is 0 Å². The van der Waals surface area contributed by atoms with Crippen LogP contribution >= 0.6 is 11.3 Å². The van der Waals surface area contributed by atoms with E-state index in [1.165, 1.54) is 0 Å². The SMILES string of the molecule is [CH3-].[K+].c1cscn1. The Kier molecular flexibility index (Phi) is 11.5. The summed E-state index contributed by atoms with van der Waals surface area (Å²) >= 11 is 1.60. The van der Waals surface area contributed by atoms with Crippen LogP contribution in [0.1, 0.15) is 0 Å². The van der Waals surface area contributed by atoms with Gasteiger partial charge in [-0.3, -0.25) is 4.98 Å². The van der Waals surface area contributed by atoms with Crippen LogP contribution in [0.3, 0.4) is 0 Å². The van der Waals surface area contributed by atoms with E-state index in [1.807, 2.05) is 5.38 Å². The molecular weight excluding hydrogens is 133 g/mol. The molecule has 7 heavy (non-hydrogen) atoms. The number of hydrogen-bond donors (Lipinski definition) is 0. The molecule has 0 bridgehead atoms. The van der Waals surface area contributed by atoms with Crippen LogP contribution in [-0.2, 0) is 0 Å². The predicted octanol–water partition coefficient (Wildman–Crippen LogP) is -1.40. The molecule has 3 heteroatoms. The molecule has 1 rings (SSSR count). The van der Waals surface area contributed by atoms with Crippen molar-refractivity contribution in [3.63, 3.8) is 0 Å². The number of thiazole rings is 1. The van der Waals surface area contributed by atoms with Gasteiger partial charge in [-0.2, -0.15) is 0 Å². The van der Waals surface area contributed by atoms with Gasteiger partial charge in [0.2, 0.25) is 0 Å². The Bertz CT molecular complexity index is 68.2. The van der Waals surface area contributed by atoms with Gasteiger partial charge in [0.15, 0.2) is 0 Å². The first-order valence-corrected chi connectivity index (χ1v) is 2.26. The molecule has 0 N–H and O–H groups in total. The van der Waals surface area contributed by atoms with Crippen molar-refractivity contribution in [2.24, 2.45) is 0 Å². The molecule has 0 aliphatic carbocycles. The van der Waals surface area contributed by atoms with Crippen LogP contribution in [-0.4, -0.2) is 4.98 Å². The Labute approximate surface area is 90.6 Å². The van der Waals surface area contributed by atoms with Gasteiger partial charge in [0.1, 0.15) is 0 Å². The van der Waals surface area contributed by atoms with Crippen molar-refractivity contribution in [2.45, 2.75) is 0 Å². The number of hydrogen-bond acceptors (Lipinski definition) is 2. The molecule has 0 aliphatic heterocycles. The van der Waals surface area contributed by atoms with Crippen molar-refractivity contribution in [3.05, 3.63) is 24.5 Å². The Balaban J connectivity index is 0. The summed E-state index contributed by atoms with van der Waals surface area (Å²) in [5.74, 6) is 0. The van der Waals surface area contributed by atoms with Crippen molar-refractivity contribution >= 4 is 11.3 Å². The molecule has 1 heterocycles. The third-order valence-corrected chi connectivity index (χ3v) is 0.869. The summed E-state index contributed by atoms with van der Waals surface area (Å²) in [5, 5.41) is 1.93. The summed E-state index contributed by atoms with van der Waals surface area (Å²) in [5.41, 5.74) is 1.79. The molecule has 0 saturated heterocycles. The standard InChI is InChI=1S/C3H3NS.CH3.K/c1-2-5-3-4-1;;/h1-3H;1H3;/q;-1;+1. The van der Waals surface area contributed by atoms with E-state index < -0.39 is 0 Å². The Hall–Kier alpha value is 1.27. The molecule has 0 amide bonds. The molecule has 1 aromatic rings. The molecule has 0 unspecified atom stereocenters. The molecule has 1 nitrogen and oxygen atoms in total. The molecule has 0 radical (unpaired) electrons. The maximum atomic E-state index is 3.74. The zero-order valence-corrected chi connectivity index (χ0v) is 8.53. The van der Waals surface area contributed by atoms with Gasteiger partial charge < -0.3 is 7.43 Å². The van der Waals surface area contributed by atoms with Crippen molar-refractivity contribution in [1.29, 1.82) is 0 Å². The van der Waals surface area contributed by atoms with Gasteiger partial charge in [-0.25, -0.2) is 0 Å². The van der Waals surface area contributed by atoms with Crippen LogP contribution < -0.4 is 51.4 Å². The van der Waals surface area contributed by atoms with E-state index in [1.54, 1.807) is 23.0 Å². The maximum absolute atomic E-state index is 3.74. The van der Waals surface area contributed by atoms with E-state index in [2.05, 4.69) is 4.98 Å². The number of aromatic nitrogens is 1. The van der Waals surface area contributed by atoms with Gasteiger partial charge >= 0.3 is 51.4 Å². The molecular formula is C4H6KNS.